The molecule has 0 aliphatic rings. The van der Waals surface area contributed by atoms with Crippen LogP contribution in [0, 0.1) is 0 Å². The van der Waals surface area contributed by atoms with Crippen LogP contribution >= 0.6 is 34.8 Å². The summed E-state index contributed by atoms with van der Waals surface area (Å²) in [4.78, 5) is 11.1. The molecule has 2 aromatic carbocycles. The van der Waals surface area contributed by atoms with Gasteiger partial charge in [-0.1, -0.05) is 46.9 Å². The Morgan fingerprint density at radius 3 is 2.00 bits per heavy atom. The lowest BCUT2D eigenvalue weighted by Crippen LogP contribution is -1.97. The van der Waals surface area contributed by atoms with E-state index < -0.39 is 5.97 Å². The summed E-state index contributed by atoms with van der Waals surface area (Å²) < 4.78 is 0. The molecule has 0 saturated heterocycles. The Bertz CT molecular complexity index is 701. The number of carboxylic acids is 1. The average molecular weight is 343 g/mol. The van der Waals surface area contributed by atoms with E-state index in [1.165, 1.54) is 0 Å². The lowest BCUT2D eigenvalue weighted by molar-refractivity contribution is -0.131. The summed E-state index contributed by atoms with van der Waals surface area (Å²) in [6, 6.07) is 9.93. The number of nitrogen functional groups attached to an aromatic ring is 1. The Morgan fingerprint density at radius 1 is 1.00 bits per heavy atom. The van der Waals surface area contributed by atoms with Crippen molar-refractivity contribution in [3.8, 4) is 0 Å². The standard InChI is InChI=1S/C15H10Cl3NO2/c16-10-3-1-8(2-4-10)11(7-14(20)21)9-5-12(17)15(19)13(18)6-9/h1-7H,19H2,(H,20,21). The van der Waals surface area contributed by atoms with Gasteiger partial charge in [-0.3, -0.25) is 0 Å². The molecule has 6 heteroatoms. The van der Waals surface area contributed by atoms with Crippen molar-refractivity contribution in [3.05, 3.63) is 68.7 Å². The summed E-state index contributed by atoms with van der Waals surface area (Å²) in [5.41, 5.74) is 7.65. The highest BCUT2D eigenvalue weighted by atomic mass is 35.5. The van der Waals surface area contributed by atoms with Crippen molar-refractivity contribution in [1.82, 2.24) is 0 Å². The van der Waals surface area contributed by atoms with Crippen LogP contribution in [0.25, 0.3) is 5.57 Å². The number of halogens is 3. The Morgan fingerprint density at radius 2 is 1.52 bits per heavy atom. The van der Waals surface area contributed by atoms with E-state index >= 15 is 0 Å². The van der Waals surface area contributed by atoms with E-state index in [0.29, 0.717) is 21.7 Å². The highest BCUT2D eigenvalue weighted by molar-refractivity contribution is 6.39. The molecule has 0 saturated carbocycles. The SMILES string of the molecule is Nc1c(Cl)cc(C(=CC(=O)O)c2ccc(Cl)cc2)cc1Cl. The number of nitrogens with two attached hydrogens (primary N) is 1. The summed E-state index contributed by atoms with van der Waals surface area (Å²) in [5.74, 6) is -1.08. The predicted molar refractivity (Wildman–Crippen MR) is 87.0 cm³/mol. The van der Waals surface area contributed by atoms with Crippen LogP contribution in [-0.2, 0) is 4.79 Å². The topological polar surface area (TPSA) is 63.3 Å². The van der Waals surface area contributed by atoms with Crippen LogP contribution in [0.15, 0.2) is 42.5 Å². The average Bonchev–Trinajstić information content (AvgIpc) is 2.42. The Labute approximate surface area is 136 Å². The second-order valence-corrected chi connectivity index (χ2v) is 5.51. The number of hydrogen-bond donors (Lipinski definition) is 2. The van der Waals surface area contributed by atoms with Crippen molar-refractivity contribution in [2.45, 2.75) is 0 Å². The number of carboxylic acid groups (broad SMARTS) is 1. The molecular weight excluding hydrogens is 333 g/mol. The number of benzene rings is 2. The molecule has 0 heterocycles. The van der Waals surface area contributed by atoms with Gasteiger partial charge in [-0.05, 0) is 41.0 Å². The summed E-state index contributed by atoms with van der Waals surface area (Å²) in [5, 5.41) is 10.2. The van der Waals surface area contributed by atoms with Crippen LogP contribution in [0.1, 0.15) is 11.1 Å². The number of anilines is 1. The molecule has 3 N–H and O–H groups in total. The molecule has 0 aliphatic carbocycles. The Balaban J connectivity index is 2.62. The molecule has 0 unspecified atom stereocenters. The number of hydrogen-bond acceptors (Lipinski definition) is 2. The van der Waals surface area contributed by atoms with E-state index in [0.717, 1.165) is 6.08 Å². The lowest BCUT2D eigenvalue weighted by atomic mass is 9.97. The van der Waals surface area contributed by atoms with Crippen LogP contribution in [0.2, 0.25) is 15.1 Å². The minimum atomic E-state index is -1.08. The Kier molecular flexibility index (Phi) is 4.78. The van der Waals surface area contributed by atoms with E-state index in [1.807, 2.05) is 0 Å². The summed E-state index contributed by atoms with van der Waals surface area (Å²) >= 11 is 17.9. The Hall–Kier alpha value is -1.68. The van der Waals surface area contributed by atoms with Crippen LogP contribution in [0.4, 0.5) is 5.69 Å². The molecule has 0 bridgehead atoms. The maximum Gasteiger partial charge on any atom is 0.328 e. The van der Waals surface area contributed by atoms with E-state index in [9.17, 15) is 4.79 Å². The second-order valence-electron chi connectivity index (χ2n) is 4.26. The van der Waals surface area contributed by atoms with Crippen LogP contribution in [-0.4, -0.2) is 11.1 Å². The first kappa shape index (κ1) is 15.7. The normalized spacial score (nSPS) is 11.5. The molecule has 0 fully saturated rings. The molecule has 0 amide bonds. The molecule has 0 atom stereocenters. The molecule has 3 nitrogen and oxygen atoms in total. The van der Waals surface area contributed by atoms with Crippen molar-refractivity contribution in [2.75, 3.05) is 5.73 Å². The fraction of sp³-hybridized carbons (Fsp3) is 0. The van der Waals surface area contributed by atoms with E-state index in [1.54, 1.807) is 36.4 Å². The predicted octanol–water partition coefficient (Wildman–Crippen LogP) is 4.75. The maximum absolute atomic E-state index is 11.1. The third kappa shape index (κ3) is 3.70. The molecule has 2 aromatic rings. The van der Waals surface area contributed by atoms with Gasteiger partial charge in [-0.2, -0.15) is 0 Å². The van der Waals surface area contributed by atoms with Gasteiger partial charge in [0, 0.05) is 11.1 Å². The molecule has 2 rings (SSSR count). The van der Waals surface area contributed by atoms with Gasteiger partial charge in [0.15, 0.2) is 0 Å². The highest BCUT2D eigenvalue weighted by Gasteiger charge is 2.12. The zero-order valence-electron chi connectivity index (χ0n) is 10.6. The second kappa shape index (κ2) is 6.39. The van der Waals surface area contributed by atoms with Gasteiger partial charge in [0.1, 0.15) is 0 Å². The molecular formula is C15H10Cl3NO2. The number of aliphatic carboxylic acids is 1. The highest BCUT2D eigenvalue weighted by Crippen LogP contribution is 2.34. The monoisotopic (exact) mass is 341 g/mol. The number of carbonyl (C=O) groups is 1. The van der Waals surface area contributed by atoms with Crippen LogP contribution in [0.3, 0.4) is 0 Å². The van der Waals surface area contributed by atoms with Crippen molar-refractivity contribution in [1.29, 1.82) is 0 Å². The van der Waals surface area contributed by atoms with E-state index in [4.69, 9.17) is 45.6 Å². The van der Waals surface area contributed by atoms with Gasteiger partial charge >= 0.3 is 5.97 Å². The summed E-state index contributed by atoms with van der Waals surface area (Å²) in [7, 11) is 0. The lowest BCUT2D eigenvalue weighted by Gasteiger charge is -2.11. The largest absolute Gasteiger partial charge is 0.478 e. The van der Waals surface area contributed by atoms with Crippen molar-refractivity contribution < 1.29 is 9.90 Å². The smallest absolute Gasteiger partial charge is 0.328 e. The summed E-state index contributed by atoms with van der Waals surface area (Å²) in [6.07, 6.45) is 1.08. The summed E-state index contributed by atoms with van der Waals surface area (Å²) in [6.45, 7) is 0. The number of rotatable bonds is 3. The molecule has 0 aliphatic heterocycles. The third-order valence-electron chi connectivity index (χ3n) is 2.81. The minimum Gasteiger partial charge on any atom is -0.478 e. The zero-order chi connectivity index (χ0) is 15.6. The van der Waals surface area contributed by atoms with Gasteiger partial charge in [0.2, 0.25) is 0 Å². The van der Waals surface area contributed by atoms with Gasteiger partial charge in [0.25, 0.3) is 0 Å². The third-order valence-corrected chi connectivity index (χ3v) is 3.69. The molecule has 0 aromatic heterocycles. The van der Waals surface area contributed by atoms with Crippen molar-refractivity contribution in [3.63, 3.8) is 0 Å². The van der Waals surface area contributed by atoms with Crippen molar-refractivity contribution >= 4 is 52.0 Å². The molecule has 108 valence electrons. The first-order valence-electron chi connectivity index (χ1n) is 5.84. The molecule has 0 radical (unpaired) electrons. The first-order chi connectivity index (χ1) is 9.88. The zero-order valence-corrected chi connectivity index (χ0v) is 12.9. The van der Waals surface area contributed by atoms with Gasteiger partial charge < -0.3 is 10.8 Å². The van der Waals surface area contributed by atoms with E-state index in [-0.39, 0.29) is 15.7 Å². The van der Waals surface area contributed by atoms with E-state index in [2.05, 4.69) is 0 Å². The fourth-order valence-corrected chi connectivity index (χ4v) is 2.44. The van der Waals surface area contributed by atoms with Crippen LogP contribution < -0.4 is 5.73 Å². The quantitative estimate of drug-likeness (QED) is 0.625. The van der Waals surface area contributed by atoms with Gasteiger partial charge in [0.05, 0.1) is 15.7 Å². The maximum atomic E-state index is 11.1. The molecule has 21 heavy (non-hydrogen) atoms. The first-order valence-corrected chi connectivity index (χ1v) is 6.97. The molecule has 0 spiro atoms. The fourth-order valence-electron chi connectivity index (χ4n) is 1.83. The van der Waals surface area contributed by atoms with Crippen molar-refractivity contribution in [2.24, 2.45) is 0 Å². The van der Waals surface area contributed by atoms with Gasteiger partial charge in [-0.15, -0.1) is 0 Å². The van der Waals surface area contributed by atoms with Gasteiger partial charge in [-0.25, -0.2) is 4.79 Å². The van der Waals surface area contributed by atoms with Crippen LogP contribution in [0.5, 0.6) is 0 Å². The minimum absolute atomic E-state index is 0.257.